The third kappa shape index (κ3) is 2.52. The van der Waals surface area contributed by atoms with Crippen LogP contribution in [0.15, 0.2) is 29.2 Å². The summed E-state index contributed by atoms with van der Waals surface area (Å²) in [5.41, 5.74) is 0. The lowest BCUT2D eigenvalue weighted by Gasteiger charge is -2.04. The Morgan fingerprint density at radius 3 is 2.57 bits per heavy atom. The lowest BCUT2D eigenvalue weighted by molar-refractivity contribution is 0.565. The molecule has 5 heteroatoms. The quantitative estimate of drug-likeness (QED) is 0.812. The van der Waals surface area contributed by atoms with Gasteiger partial charge in [-0.2, -0.15) is 0 Å². The average molecular weight is 217 g/mol. The highest BCUT2D eigenvalue weighted by Crippen LogP contribution is 2.14. The van der Waals surface area contributed by atoms with Crippen LogP contribution >= 0.6 is 0 Å². The fourth-order valence-corrected chi connectivity index (χ4v) is 2.39. The molecular formula is C9H12FNO2S. The van der Waals surface area contributed by atoms with E-state index in [4.69, 9.17) is 0 Å². The van der Waals surface area contributed by atoms with Gasteiger partial charge in [0.1, 0.15) is 10.7 Å². The van der Waals surface area contributed by atoms with E-state index in [1.807, 2.05) is 0 Å². The highest BCUT2D eigenvalue weighted by molar-refractivity contribution is 7.91. The average Bonchev–Trinajstić information content (AvgIpc) is 2.15. The van der Waals surface area contributed by atoms with Crippen molar-refractivity contribution in [2.75, 3.05) is 19.3 Å². The summed E-state index contributed by atoms with van der Waals surface area (Å²) in [7, 11) is -1.84. The summed E-state index contributed by atoms with van der Waals surface area (Å²) in [6.07, 6.45) is 0. The highest BCUT2D eigenvalue weighted by atomic mass is 32.2. The normalized spacial score (nSPS) is 11.6. The minimum atomic E-state index is -3.49. The first kappa shape index (κ1) is 11.1. The summed E-state index contributed by atoms with van der Waals surface area (Å²) in [6.45, 7) is 0.316. The zero-order chi connectivity index (χ0) is 10.6. The van der Waals surface area contributed by atoms with Gasteiger partial charge in [-0.05, 0) is 19.2 Å². The minimum absolute atomic E-state index is 0.0928. The third-order valence-electron chi connectivity index (χ3n) is 1.79. The predicted octanol–water partition coefficient (Wildman–Crippen LogP) is 0.819. The maximum absolute atomic E-state index is 13.1. The molecule has 1 aromatic rings. The Labute approximate surface area is 82.9 Å². The van der Waals surface area contributed by atoms with Crippen LogP contribution in [0.3, 0.4) is 0 Å². The number of hydrogen-bond acceptors (Lipinski definition) is 3. The molecule has 0 atom stereocenters. The summed E-state index contributed by atoms with van der Waals surface area (Å²) >= 11 is 0. The van der Waals surface area contributed by atoms with Crippen LogP contribution in [-0.2, 0) is 9.84 Å². The van der Waals surface area contributed by atoms with E-state index in [2.05, 4.69) is 5.32 Å². The van der Waals surface area contributed by atoms with Crippen molar-refractivity contribution in [2.24, 2.45) is 0 Å². The maximum atomic E-state index is 13.1. The van der Waals surface area contributed by atoms with Gasteiger partial charge in [0.25, 0.3) is 0 Å². The summed E-state index contributed by atoms with van der Waals surface area (Å²) in [6, 6.07) is 5.40. The van der Waals surface area contributed by atoms with E-state index in [-0.39, 0.29) is 10.6 Å². The van der Waals surface area contributed by atoms with Gasteiger partial charge in [-0.25, -0.2) is 12.8 Å². The summed E-state index contributed by atoms with van der Waals surface area (Å²) < 4.78 is 36.2. The van der Waals surface area contributed by atoms with Crippen LogP contribution in [0.1, 0.15) is 0 Å². The Morgan fingerprint density at radius 2 is 2.00 bits per heavy atom. The number of halogens is 1. The number of hydrogen-bond donors (Lipinski definition) is 1. The van der Waals surface area contributed by atoms with E-state index in [1.165, 1.54) is 18.2 Å². The second-order valence-corrected chi connectivity index (χ2v) is 4.93. The molecule has 0 unspecified atom stereocenters. The molecule has 0 radical (unpaired) electrons. The molecule has 0 saturated heterocycles. The van der Waals surface area contributed by atoms with Gasteiger partial charge in [-0.15, -0.1) is 0 Å². The topological polar surface area (TPSA) is 46.2 Å². The largest absolute Gasteiger partial charge is 0.319 e. The molecule has 0 saturated carbocycles. The van der Waals surface area contributed by atoms with Gasteiger partial charge < -0.3 is 5.32 Å². The highest BCUT2D eigenvalue weighted by Gasteiger charge is 2.17. The standard InChI is InChI=1S/C9H12FNO2S/c1-11-6-7-14(12,13)9-5-3-2-4-8(9)10/h2-5,11H,6-7H2,1H3. The minimum Gasteiger partial charge on any atom is -0.319 e. The van der Waals surface area contributed by atoms with E-state index in [0.717, 1.165) is 6.07 Å². The number of nitrogens with one attached hydrogen (secondary N) is 1. The first-order valence-electron chi connectivity index (χ1n) is 4.20. The van der Waals surface area contributed by atoms with Crippen LogP contribution < -0.4 is 5.32 Å². The summed E-state index contributed by atoms with van der Waals surface area (Å²) in [4.78, 5) is -0.227. The van der Waals surface area contributed by atoms with E-state index in [1.54, 1.807) is 7.05 Å². The lowest BCUT2D eigenvalue weighted by Crippen LogP contribution is -2.20. The molecule has 0 aromatic heterocycles. The van der Waals surface area contributed by atoms with Crippen LogP contribution in [0.4, 0.5) is 4.39 Å². The first-order chi connectivity index (χ1) is 6.58. The van der Waals surface area contributed by atoms with Gasteiger partial charge in [0.15, 0.2) is 9.84 Å². The molecule has 0 aliphatic rings. The molecule has 3 nitrogen and oxygen atoms in total. The molecule has 14 heavy (non-hydrogen) atoms. The van der Waals surface area contributed by atoms with Gasteiger partial charge in [0, 0.05) is 6.54 Å². The molecule has 0 amide bonds. The molecular weight excluding hydrogens is 205 g/mol. The molecule has 1 rings (SSSR count). The van der Waals surface area contributed by atoms with Crippen molar-refractivity contribution in [1.29, 1.82) is 0 Å². The van der Waals surface area contributed by atoms with Crippen LogP contribution in [0.25, 0.3) is 0 Å². The van der Waals surface area contributed by atoms with Crippen molar-refractivity contribution in [2.45, 2.75) is 4.90 Å². The van der Waals surface area contributed by atoms with Crippen LogP contribution in [0.2, 0.25) is 0 Å². The van der Waals surface area contributed by atoms with Crippen LogP contribution in [0, 0.1) is 5.82 Å². The van der Waals surface area contributed by atoms with Crippen molar-refractivity contribution in [3.63, 3.8) is 0 Å². The van der Waals surface area contributed by atoms with Crippen LogP contribution in [0.5, 0.6) is 0 Å². The van der Waals surface area contributed by atoms with Crippen molar-refractivity contribution < 1.29 is 12.8 Å². The molecule has 0 fully saturated rings. The van der Waals surface area contributed by atoms with Crippen molar-refractivity contribution in [3.8, 4) is 0 Å². The van der Waals surface area contributed by atoms with Crippen LogP contribution in [-0.4, -0.2) is 27.8 Å². The van der Waals surface area contributed by atoms with Gasteiger partial charge >= 0.3 is 0 Å². The Morgan fingerprint density at radius 1 is 1.36 bits per heavy atom. The van der Waals surface area contributed by atoms with Gasteiger partial charge in [-0.1, -0.05) is 12.1 Å². The number of benzene rings is 1. The second kappa shape index (κ2) is 4.52. The van der Waals surface area contributed by atoms with Gasteiger partial charge in [0.2, 0.25) is 0 Å². The fourth-order valence-electron chi connectivity index (χ4n) is 1.04. The Balaban J connectivity index is 2.99. The zero-order valence-corrected chi connectivity index (χ0v) is 8.64. The third-order valence-corrected chi connectivity index (χ3v) is 3.54. The number of rotatable bonds is 4. The summed E-state index contributed by atoms with van der Waals surface area (Å²) in [5.74, 6) is -0.784. The SMILES string of the molecule is CNCCS(=O)(=O)c1ccccc1F. The Kier molecular flexibility index (Phi) is 3.60. The Hall–Kier alpha value is -0.940. The van der Waals surface area contributed by atoms with Crippen molar-refractivity contribution >= 4 is 9.84 Å². The Bertz CT molecular complexity index is 403. The smallest absolute Gasteiger partial charge is 0.182 e. The lowest BCUT2D eigenvalue weighted by atomic mass is 10.3. The van der Waals surface area contributed by atoms with E-state index >= 15 is 0 Å². The monoisotopic (exact) mass is 217 g/mol. The first-order valence-corrected chi connectivity index (χ1v) is 5.85. The van der Waals surface area contributed by atoms with Gasteiger partial charge in [-0.3, -0.25) is 0 Å². The predicted molar refractivity (Wildman–Crippen MR) is 52.4 cm³/mol. The molecule has 78 valence electrons. The van der Waals surface area contributed by atoms with Crippen molar-refractivity contribution in [1.82, 2.24) is 5.32 Å². The molecule has 0 bridgehead atoms. The van der Waals surface area contributed by atoms with E-state index in [9.17, 15) is 12.8 Å². The van der Waals surface area contributed by atoms with Gasteiger partial charge in [0.05, 0.1) is 5.75 Å². The molecule has 0 heterocycles. The second-order valence-electron chi connectivity index (χ2n) is 2.85. The molecule has 0 spiro atoms. The van der Waals surface area contributed by atoms with Crippen molar-refractivity contribution in [3.05, 3.63) is 30.1 Å². The zero-order valence-electron chi connectivity index (χ0n) is 7.83. The fraction of sp³-hybridized carbons (Fsp3) is 0.333. The van der Waals surface area contributed by atoms with E-state index < -0.39 is 15.7 Å². The number of sulfone groups is 1. The summed E-state index contributed by atoms with van der Waals surface area (Å²) in [5, 5.41) is 2.71. The molecule has 0 aliphatic heterocycles. The molecule has 1 N–H and O–H groups in total. The van der Waals surface area contributed by atoms with E-state index in [0.29, 0.717) is 6.54 Å². The molecule has 0 aliphatic carbocycles. The maximum Gasteiger partial charge on any atom is 0.182 e. The molecule has 1 aromatic carbocycles.